The average molecular weight is 695 g/mol. The normalized spacial score (nSPS) is 16.7. The second kappa shape index (κ2) is 15.2. The SMILES string of the molecule is C#Cc1c(F)ccc2cc(N)cc(-c3ncc4c(N5CCOCC(C)C5)nc(OCC/C(=C\F)C[C@@H](C)N(C(C)C)C(O)(O)O)nc4c3F)c12. The number of nitrogen functional groups attached to an aromatic ring is 1. The second-order valence-corrected chi connectivity index (χ2v) is 12.9. The van der Waals surface area contributed by atoms with Crippen molar-refractivity contribution in [3.63, 3.8) is 0 Å². The average Bonchev–Trinajstić information content (AvgIpc) is 3.27. The molecule has 0 bridgehead atoms. The molecule has 2 aromatic carbocycles. The highest BCUT2D eigenvalue weighted by Crippen LogP contribution is 2.38. The lowest BCUT2D eigenvalue weighted by Gasteiger charge is -2.38. The molecule has 3 heterocycles. The second-order valence-electron chi connectivity index (χ2n) is 12.9. The van der Waals surface area contributed by atoms with E-state index >= 15 is 4.39 Å². The van der Waals surface area contributed by atoms with E-state index in [0.29, 0.717) is 54.9 Å². The number of hydrogen-bond donors (Lipinski definition) is 4. The Labute approximate surface area is 288 Å². The third-order valence-corrected chi connectivity index (χ3v) is 8.62. The summed E-state index contributed by atoms with van der Waals surface area (Å²) in [5.41, 5.74) is 6.58. The van der Waals surface area contributed by atoms with Crippen LogP contribution >= 0.6 is 0 Å². The van der Waals surface area contributed by atoms with Gasteiger partial charge in [0.15, 0.2) is 5.82 Å². The first-order valence-corrected chi connectivity index (χ1v) is 16.3. The molecule has 0 spiro atoms. The van der Waals surface area contributed by atoms with Gasteiger partial charge in [-0.25, -0.2) is 18.1 Å². The summed E-state index contributed by atoms with van der Waals surface area (Å²) in [6, 6.07) is 4.51. The molecule has 1 fully saturated rings. The zero-order valence-electron chi connectivity index (χ0n) is 28.3. The first kappa shape index (κ1) is 36.8. The van der Waals surface area contributed by atoms with Crippen molar-refractivity contribution < 1.29 is 38.0 Å². The van der Waals surface area contributed by atoms with Crippen molar-refractivity contribution in [2.24, 2.45) is 5.92 Å². The Bertz CT molecular complexity index is 1940. The van der Waals surface area contributed by atoms with Gasteiger partial charge in [0.25, 0.3) is 0 Å². The van der Waals surface area contributed by atoms with Crippen LogP contribution in [0.5, 0.6) is 6.01 Å². The van der Waals surface area contributed by atoms with E-state index in [-0.39, 0.29) is 64.7 Å². The van der Waals surface area contributed by atoms with Crippen LogP contribution in [0.4, 0.5) is 24.7 Å². The number of ether oxygens (including phenoxy) is 2. The minimum atomic E-state index is -3.09. The molecule has 0 radical (unpaired) electrons. The Hall–Kier alpha value is -4.52. The van der Waals surface area contributed by atoms with Gasteiger partial charge in [0, 0.05) is 54.4 Å². The number of pyridine rings is 1. The molecule has 2 aromatic heterocycles. The molecule has 1 aliphatic rings. The number of nitrogens with zero attached hydrogens (tertiary/aromatic N) is 5. The molecule has 0 amide bonds. The van der Waals surface area contributed by atoms with Gasteiger partial charge in [-0.3, -0.25) is 4.98 Å². The van der Waals surface area contributed by atoms with Gasteiger partial charge in [-0.1, -0.05) is 18.9 Å². The van der Waals surface area contributed by atoms with Gasteiger partial charge in [-0.15, -0.1) is 6.42 Å². The number of fused-ring (bicyclic) bond motifs is 2. The number of nitrogens with two attached hydrogens (primary N) is 1. The molecule has 11 nitrogen and oxygen atoms in total. The van der Waals surface area contributed by atoms with E-state index in [1.165, 1.54) is 24.4 Å². The van der Waals surface area contributed by atoms with E-state index in [9.17, 15) is 24.1 Å². The first-order chi connectivity index (χ1) is 23.7. The van der Waals surface area contributed by atoms with Crippen LogP contribution in [-0.2, 0) is 4.74 Å². The fourth-order valence-corrected chi connectivity index (χ4v) is 6.58. The largest absolute Gasteiger partial charge is 0.463 e. The van der Waals surface area contributed by atoms with Crippen LogP contribution in [0.1, 0.15) is 46.1 Å². The van der Waals surface area contributed by atoms with Crippen LogP contribution in [0.3, 0.4) is 0 Å². The van der Waals surface area contributed by atoms with Crippen LogP contribution in [0.15, 0.2) is 42.4 Å². The molecule has 5 rings (SSSR count). The lowest BCUT2D eigenvalue weighted by molar-refractivity contribution is -0.406. The van der Waals surface area contributed by atoms with Crippen molar-refractivity contribution >= 4 is 33.2 Å². The summed E-state index contributed by atoms with van der Waals surface area (Å²) in [6.45, 7) is 8.77. The molecule has 1 saturated heterocycles. The number of benzene rings is 2. The van der Waals surface area contributed by atoms with E-state index in [1.807, 2.05) is 11.8 Å². The van der Waals surface area contributed by atoms with Crippen LogP contribution in [0.2, 0.25) is 0 Å². The van der Waals surface area contributed by atoms with Crippen LogP contribution in [0.25, 0.3) is 32.9 Å². The minimum absolute atomic E-state index is 0.0367. The fraction of sp³-hybridized carbons (Fsp3) is 0.417. The van der Waals surface area contributed by atoms with Crippen molar-refractivity contribution in [2.75, 3.05) is 43.5 Å². The number of hydrogen-bond acceptors (Lipinski definition) is 11. The van der Waals surface area contributed by atoms with Crippen LogP contribution in [0, 0.1) is 29.9 Å². The smallest absolute Gasteiger partial charge is 0.346 e. The Balaban J connectivity index is 1.54. The quantitative estimate of drug-likeness (QED) is 0.0969. The van der Waals surface area contributed by atoms with Crippen molar-refractivity contribution in [1.29, 1.82) is 0 Å². The van der Waals surface area contributed by atoms with E-state index in [2.05, 4.69) is 20.9 Å². The highest BCUT2D eigenvalue weighted by molar-refractivity contribution is 6.03. The predicted octanol–water partition coefficient (Wildman–Crippen LogP) is 4.86. The minimum Gasteiger partial charge on any atom is -0.463 e. The number of halogens is 3. The molecule has 5 N–H and O–H groups in total. The monoisotopic (exact) mass is 694 g/mol. The maximum Gasteiger partial charge on any atom is 0.346 e. The summed E-state index contributed by atoms with van der Waals surface area (Å²) in [4.78, 5) is 16.5. The van der Waals surface area contributed by atoms with Gasteiger partial charge in [-0.05, 0) is 62.3 Å². The summed E-state index contributed by atoms with van der Waals surface area (Å²) in [5, 5.41) is 30.5. The Kier molecular flexibility index (Phi) is 11.1. The van der Waals surface area contributed by atoms with Crippen LogP contribution in [-0.4, -0.2) is 86.3 Å². The maximum absolute atomic E-state index is 16.8. The molecular formula is C36H41F3N6O5. The van der Waals surface area contributed by atoms with E-state index < -0.39 is 29.8 Å². The fourth-order valence-electron chi connectivity index (χ4n) is 6.58. The third kappa shape index (κ3) is 7.77. The molecule has 0 saturated carbocycles. The number of anilines is 2. The number of aliphatic hydroxyl groups is 3. The van der Waals surface area contributed by atoms with Crippen molar-refractivity contribution in [3.05, 3.63) is 59.6 Å². The highest BCUT2D eigenvalue weighted by atomic mass is 19.1. The van der Waals surface area contributed by atoms with Gasteiger partial charge < -0.3 is 35.4 Å². The summed E-state index contributed by atoms with van der Waals surface area (Å²) in [6.07, 6.45) is 4.52. The lowest BCUT2D eigenvalue weighted by atomic mass is 9.95. The predicted molar refractivity (Wildman–Crippen MR) is 184 cm³/mol. The molecule has 2 atom stereocenters. The zero-order valence-corrected chi connectivity index (χ0v) is 28.3. The van der Waals surface area contributed by atoms with Crippen molar-refractivity contribution in [3.8, 4) is 29.6 Å². The summed E-state index contributed by atoms with van der Waals surface area (Å²) in [7, 11) is 0. The van der Waals surface area contributed by atoms with Gasteiger partial charge in [0.05, 0.1) is 37.1 Å². The van der Waals surface area contributed by atoms with Gasteiger partial charge in [0.2, 0.25) is 0 Å². The molecule has 0 aliphatic carbocycles. The molecule has 266 valence electrons. The van der Waals surface area contributed by atoms with E-state index in [1.54, 1.807) is 26.8 Å². The summed E-state index contributed by atoms with van der Waals surface area (Å²) >= 11 is 0. The third-order valence-electron chi connectivity index (χ3n) is 8.62. The van der Waals surface area contributed by atoms with Crippen LogP contribution < -0.4 is 15.4 Å². The highest BCUT2D eigenvalue weighted by Gasteiger charge is 2.35. The summed E-state index contributed by atoms with van der Waals surface area (Å²) in [5.74, 6) is 1.37. The molecule has 1 unspecified atom stereocenters. The lowest BCUT2D eigenvalue weighted by Crippen LogP contribution is -2.56. The van der Waals surface area contributed by atoms with Gasteiger partial charge in [0.1, 0.15) is 22.8 Å². The number of terminal acetylenes is 1. The van der Waals surface area contributed by atoms with E-state index in [0.717, 1.165) is 4.90 Å². The Morgan fingerprint density at radius 2 is 2.00 bits per heavy atom. The Morgan fingerprint density at radius 1 is 1.24 bits per heavy atom. The molecular weight excluding hydrogens is 653 g/mol. The number of aromatic nitrogens is 3. The van der Waals surface area contributed by atoms with Crippen molar-refractivity contribution in [2.45, 2.75) is 58.7 Å². The van der Waals surface area contributed by atoms with E-state index in [4.69, 9.17) is 21.6 Å². The standard InChI is InChI=1S/C36H41F3N6O5/c1-6-26-29(38)8-7-24-14-25(40)15-27(30(24)26)32-31(39)33-28(17-41-32)34(44-10-12-49-19-21(4)18-44)43-35(42-33)50-11-9-23(16-37)13-22(5)45(20(2)3)36(46,47)48/h1,7-8,14-17,20-22,46-48H,9-13,18-19,40H2,2-5H3/b23-16+/t21?,22-/m1/s1. The maximum atomic E-state index is 16.8. The number of rotatable bonds is 11. The topological polar surface area (TPSA) is 150 Å². The zero-order chi connectivity index (χ0) is 36.3. The van der Waals surface area contributed by atoms with Gasteiger partial charge in [-0.2, -0.15) is 9.97 Å². The van der Waals surface area contributed by atoms with Gasteiger partial charge >= 0.3 is 12.1 Å². The molecule has 1 aliphatic heterocycles. The molecule has 4 aromatic rings. The molecule has 50 heavy (non-hydrogen) atoms. The molecule has 14 heteroatoms. The van der Waals surface area contributed by atoms with Crippen molar-refractivity contribution in [1.82, 2.24) is 19.9 Å². The Morgan fingerprint density at radius 3 is 2.68 bits per heavy atom. The first-order valence-electron chi connectivity index (χ1n) is 16.3. The summed E-state index contributed by atoms with van der Waals surface area (Å²) < 4.78 is 57.2.